The molecule has 8 heteroatoms. The maximum Gasteiger partial charge on any atom is 0.410 e. The zero-order valence-electron chi connectivity index (χ0n) is 18.6. The van der Waals surface area contributed by atoms with Crippen molar-refractivity contribution in [3.8, 4) is 0 Å². The average Bonchev–Trinajstić information content (AvgIpc) is 3.01. The summed E-state index contributed by atoms with van der Waals surface area (Å²) in [5, 5.41) is 12.0. The minimum Gasteiger partial charge on any atom is -0.444 e. The zero-order valence-corrected chi connectivity index (χ0v) is 20.4. The highest BCUT2D eigenvalue weighted by molar-refractivity contribution is 7.11. The van der Waals surface area contributed by atoms with Crippen molar-refractivity contribution in [2.75, 3.05) is 13.1 Å². The number of piperidine rings is 1. The number of aromatic nitrogens is 1. The van der Waals surface area contributed by atoms with Gasteiger partial charge >= 0.3 is 6.09 Å². The van der Waals surface area contributed by atoms with Crippen molar-refractivity contribution in [2.24, 2.45) is 0 Å². The molecule has 1 saturated heterocycles. The van der Waals surface area contributed by atoms with Gasteiger partial charge in [-0.15, -0.1) is 11.3 Å². The van der Waals surface area contributed by atoms with E-state index in [1.54, 1.807) is 4.90 Å². The zero-order chi connectivity index (χ0) is 21.4. The second-order valence-corrected chi connectivity index (χ2v) is 16.1. The first-order chi connectivity index (χ1) is 12.6. The van der Waals surface area contributed by atoms with Crippen molar-refractivity contribution < 1.29 is 19.1 Å². The van der Waals surface area contributed by atoms with Crippen LogP contribution in [0.25, 0.3) is 0 Å². The topological polar surface area (TPSA) is 71.9 Å². The van der Waals surface area contributed by atoms with Crippen molar-refractivity contribution in [1.29, 1.82) is 0 Å². The van der Waals surface area contributed by atoms with Gasteiger partial charge in [-0.05, 0) is 38.9 Å². The summed E-state index contributed by atoms with van der Waals surface area (Å²) in [6.45, 7) is 18.1. The van der Waals surface area contributed by atoms with Crippen LogP contribution in [-0.4, -0.2) is 48.1 Å². The molecule has 0 aliphatic carbocycles. The molecule has 0 spiro atoms. The second kappa shape index (κ2) is 8.05. The van der Waals surface area contributed by atoms with Gasteiger partial charge in [0.2, 0.25) is 0 Å². The van der Waals surface area contributed by atoms with Gasteiger partial charge in [0, 0.05) is 37.0 Å². The summed E-state index contributed by atoms with van der Waals surface area (Å²) in [4.78, 5) is 19.4. The van der Waals surface area contributed by atoms with Crippen LogP contribution in [0.5, 0.6) is 0 Å². The predicted molar refractivity (Wildman–Crippen MR) is 115 cm³/mol. The van der Waals surface area contributed by atoms with Crippen molar-refractivity contribution >= 4 is 25.7 Å². The fourth-order valence-electron chi connectivity index (χ4n) is 2.66. The second-order valence-electron chi connectivity index (χ2n) is 10.2. The van der Waals surface area contributed by atoms with Crippen LogP contribution >= 0.6 is 11.3 Å². The third kappa shape index (κ3) is 5.78. The molecule has 160 valence electrons. The number of rotatable bonds is 4. The lowest BCUT2D eigenvalue weighted by Gasteiger charge is -2.37. The molecule has 28 heavy (non-hydrogen) atoms. The van der Waals surface area contributed by atoms with Gasteiger partial charge in [0.15, 0.2) is 8.32 Å². The van der Waals surface area contributed by atoms with Crippen molar-refractivity contribution in [3.63, 3.8) is 0 Å². The molecule has 0 radical (unpaired) electrons. The number of hydrogen-bond donors (Lipinski definition) is 1. The molecule has 2 rings (SSSR count). The number of carbonyl (C=O) groups is 1. The Labute approximate surface area is 174 Å². The Kier molecular flexibility index (Phi) is 6.70. The Hall–Kier alpha value is -0.963. The first-order valence-corrected chi connectivity index (χ1v) is 13.6. The van der Waals surface area contributed by atoms with E-state index < -0.39 is 19.5 Å². The first-order valence-electron chi connectivity index (χ1n) is 9.92. The highest BCUT2D eigenvalue weighted by Gasteiger charge is 2.40. The Morgan fingerprint density at radius 3 is 2.32 bits per heavy atom. The molecule has 1 aliphatic rings. The molecule has 0 unspecified atom stereocenters. The highest BCUT2D eigenvalue weighted by atomic mass is 32.1. The van der Waals surface area contributed by atoms with E-state index in [4.69, 9.17) is 9.16 Å². The van der Waals surface area contributed by atoms with Gasteiger partial charge < -0.3 is 19.2 Å². The standard InChI is InChI=1S/C20H36N2O4SSi/c1-18(2,3)26-17(23)22-11-9-20(24,10-12-22)16-21-13-15(27-16)14-25-28(7,8)19(4,5)6/h13,24H,9-12,14H2,1-8H3. The number of nitrogens with zero attached hydrogens (tertiary/aromatic N) is 2. The maximum absolute atomic E-state index is 12.2. The molecule has 1 amide bonds. The molecule has 0 atom stereocenters. The summed E-state index contributed by atoms with van der Waals surface area (Å²) >= 11 is 1.51. The molecule has 0 bridgehead atoms. The number of aliphatic hydroxyl groups is 1. The largest absolute Gasteiger partial charge is 0.444 e. The Morgan fingerprint density at radius 1 is 1.25 bits per heavy atom. The molecule has 0 aromatic carbocycles. The minimum absolute atomic E-state index is 0.160. The summed E-state index contributed by atoms with van der Waals surface area (Å²) in [7, 11) is -1.82. The number of ether oxygens (including phenoxy) is 1. The fourth-order valence-corrected chi connectivity index (χ4v) is 4.68. The number of hydrogen-bond acceptors (Lipinski definition) is 6. The Balaban J connectivity index is 1.95. The lowest BCUT2D eigenvalue weighted by atomic mass is 9.92. The van der Waals surface area contributed by atoms with Crippen LogP contribution in [0.3, 0.4) is 0 Å². The van der Waals surface area contributed by atoms with E-state index >= 15 is 0 Å². The predicted octanol–water partition coefficient (Wildman–Crippen LogP) is 4.88. The van der Waals surface area contributed by atoms with E-state index in [9.17, 15) is 9.90 Å². The summed E-state index contributed by atoms with van der Waals surface area (Å²) in [5.41, 5.74) is -1.50. The Morgan fingerprint density at radius 2 is 1.82 bits per heavy atom. The summed E-state index contributed by atoms with van der Waals surface area (Å²) in [6, 6.07) is 0. The molecule has 1 N–H and O–H groups in total. The summed E-state index contributed by atoms with van der Waals surface area (Å²) < 4.78 is 11.7. The van der Waals surface area contributed by atoms with Gasteiger partial charge in [0.1, 0.15) is 16.2 Å². The van der Waals surface area contributed by atoms with E-state index in [-0.39, 0.29) is 11.1 Å². The van der Waals surface area contributed by atoms with Gasteiger partial charge in [-0.25, -0.2) is 9.78 Å². The van der Waals surface area contributed by atoms with Gasteiger partial charge in [-0.3, -0.25) is 0 Å². The van der Waals surface area contributed by atoms with Crippen LogP contribution in [0.1, 0.15) is 64.3 Å². The van der Waals surface area contributed by atoms with Gasteiger partial charge in [0.05, 0.1) is 6.61 Å². The molecule has 1 fully saturated rings. The number of likely N-dealkylation sites (tertiary alicyclic amines) is 1. The number of thiazole rings is 1. The van der Waals surface area contributed by atoms with E-state index in [0.29, 0.717) is 37.5 Å². The molecular weight excluding hydrogens is 392 g/mol. The first kappa shape index (κ1) is 23.3. The minimum atomic E-state index is -1.82. The molecule has 6 nitrogen and oxygen atoms in total. The molecule has 1 aliphatic heterocycles. The molecule has 2 heterocycles. The summed E-state index contributed by atoms with van der Waals surface area (Å²) in [6.07, 6.45) is 2.41. The molecular formula is C20H36N2O4SSi. The number of amides is 1. The van der Waals surface area contributed by atoms with E-state index in [0.717, 1.165) is 4.88 Å². The lowest BCUT2D eigenvalue weighted by Crippen LogP contribution is -2.46. The fraction of sp³-hybridized carbons (Fsp3) is 0.800. The van der Waals surface area contributed by atoms with Crippen molar-refractivity contribution in [1.82, 2.24) is 9.88 Å². The van der Waals surface area contributed by atoms with E-state index in [1.165, 1.54) is 11.3 Å². The van der Waals surface area contributed by atoms with Crippen LogP contribution in [0.2, 0.25) is 18.1 Å². The van der Waals surface area contributed by atoms with Crippen LogP contribution in [0.4, 0.5) is 4.79 Å². The average molecular weight is 429 g/mol. The van der Waals surface area contributed by atoms with Crippen molar-refractivity contribution in [2.45, 2.75) is 90.3 Å². The van der Waals surface area contributed by atoms with Crippen LogP contribution in [0.15, 0.2) is 6.20 Å². The highest BCUT2D eigenvalue weighted by Crippen LogP contribution is 2.39. The number of carbonyl (C=O) groups excluding carboxylic acids is 1. The Bertz CT molecular complexity index is 683. The quantitative estimate of drug-likeness (QED) is 0.692. The SMILES string of the molecule is CC(C)(C)OC(=O)N1CCC(O)(c2ncc(CO[Si](C)(C)C(C)(C)C)s2)CC1. The third-order valence-corrected chi connectivity index (χ3v) is 11.2. The monoisotopic (exact) mass is 428 g/mol. The molecule has 0 saturated carbocycles. The normalized spacial score (nSPS) is 18.2. The lowest BCUT2D eigenvalue weighted by molar-refractivity contribution is -0.0357. The van der Waals surface area contributed by atoms with Crippen molar-refractivity contribution in [3.05, 3.63) is 16.1 Å². The summed E-state index contributed by atoms with van der Waals surface area (Å²) in [5.74, 6) is 0. The van der Waals surface area contributed by atoms with E-state index in [2.05, 4.69) is 38.8 Å². The van der Waals surface area contributed by atoms with Gasteiger partial charge in [-0.2, -0.15) is 0 Å². The maximum atomic E-state index is 12.2. The van der Waals surface area contributed by atoms with Crippen LogP contribution < -0.4 is 0 Å². The van der Waals surface area contributed by atoms with E-state index in [1.807, 2.05) is 27.0 Å². The van der Waals surface area contributed by atoms with Gasteiger partial charge in [0.25, 0.3) is 0 Å². The third-order valence-electron chi connectivity index (χ3n) is 5.58. The van der Waals surface area contributed by atoms with Crippen LogP contribution in [0, 0.1) is 0 Å². The van der Waals surface area contributed by atoms with Gasteiger partial charge in [-0.1, -0.05) is 20.8 Å². The molecule has 1 aromatic heterocycles. The smallest absolute Gasteiger partial charge is 0.410 e. The molecule has 1 aromatic rings. The van der Waals surface area contributed by atoms with Crippen LogP contribution in [-0.2, 0) is 21.4 Å².